The molecule has 6 heteroatoms. The van der Waals surface area contributed by atoms with Crippen molar-refractivity contribution in [1.82, 2.24) is 15.6 Å². The zero-order valence-electron chi connectivity index (χ0n) is 13.8. The molecule has 0 aliphatic rings. The van der Waals surface area contributed by atoms with Gasteiger partial charge in [0.05, 0.1) is 16.8 Å². The third-order valence-corrected chi connectivity index (χ3v) is 4.64. The summed E-state index contributed by atoms with van der Waals surface area (Å²) in [5, 5.41) is 7.03. The molecule has 0 radical (unpaired) electrons. The minimum Gasteiger partial charge on any atom is -0.457 e. The average molecular weight is 343 g/mol. The summed E-state index contributed by atoms with van der Waals surface area (Å²) in [6.45, 7) is 5.71. The SMILES string of the molecule is CC(C)C(=O)NCCNCc1ccc(-c2nc3ccccc3s2)o1. The zero-order valence-corrected chi connectivity index (χ0v) is 14.7. The smallest absolute Gasteiger partial charge is 0.222 e. The summed E-state index contributed by atoms with van der Waals surface area (Å²) in [5.41, 5.74) is 0.995. The van der Waals surface area contributed by atoms with E-state index in [0.717, 1.165) is 26.7 Å². The molecule has 0 atom stereocenters. The predicted molar refractivity (Wildman–Crippen MR) is 96.9 cm³/mol. The lowest BCUT2D eigenvalue weighted by Gasteiger charge is -2.07. The van der Waals surface area contributed by atoms with E-state index in [9.17, 15) is 4.79 Å². The fraction of sp³-hybridized carbons (Fsp3) is 0.333. The Morgan fingerprint density at radius 1 is 1.21 bits per heavy atom. The lowest BCUT2D eigenvalue weighted by Crippen LogP contribution is -2.34. The van der Waals surface area contributed by atoms with E-state index >= 15 is 0 Å². The third kappa shape index (κ3) is 4.01. The molecule has 3 aromatic rings. The molecule has 2 aromatic heterocycles. The van der Waals surface area contributed by atoms with Gasteiger partial charge in [-0.05, 0) is 24.3 Å². The molecular weight excluding hydrogens is 322 g/mol. The first-order chi connectivity index (χ1) is 11.6. The van der Waals surface area contributed by atoms with Crippen LogP contribution in [0.4, 0.5) is 0 Å². The van der Waals surface area contributed by atoms with Crippen LogP contribution in [0.1, 0.15) is 19.6 Å². The zero-order chi connectivity index (χ0) is 16.9. The number of thiazole rings is 1. The number of rotatable bonds is 7. The molecule has 0 bridgehead atoms. The Morgan fingerprint density at radius 2 is 2.04 bits per heavy atom. The highest BCUT2D eigenvalue weighted by molar-refractivity contribution is 7.21. The van der Waals surface area contributed by atoms with E-state index in [1.807, 2.05) is 44.2 Å². The first kappa shape index (κ1) is 16.7. The van der Waals surface area contributed by atoms with Crippen LogP contribution >= 0.6 is 11.3 Å². The molecule has 0 unspecified atom stereocenters. The summed E-state index contributed by atoms with van der Waals surface area (Å²) in [7, 11) is 0. The highest BCUT2D eigenvalue weighted by Crippen LogP contribution is 2.30. The number of para-hydroxylation sites is 1. The second-order valence-electron chi connectivity index (χ2n) is 5.88. The lowest BCUT2D eigenvalue weighted by atomic mass is 10.2. The van der Waals surface area contributed by atoms with Crippen LogP contribution in [0.5, 0.6) is 0 Å². The number of fused-ring (bicyclic) bond motifs is 1. The topological polar surface area (TPSA) is 67.2 Å². The summed E-state index contributed by atoms with van der Waals surface area (Å²) < 4.78 is 7.02. The summed E-state index contributed by atoms with van der Waals surface area (Å²) in [6, 6.07) is 12.0. The number of carbonyl (C=O) groups is 1. The largest absolute Gasteiger partial charge is 0.457 e. The van der Waals surface area contributed by atoms with Crippen LogP contribution in [-0.4, -0.2) is 24.0 Å². The maximum Gasteiger partial charge on any atom is 0.222 e. The van der Waals surface area contributed by atoms with Gasteiger partial charge in [0, 0.05) is 19.0 Å². The maximum atomic E-state index is 11.4. The highest BCUT2D eigenvalue weighted by atomic mass is 32.1. The number of carbonyl (C=O) groups excluding carboxylic acids is 1. The molecule has 0 spiro atoms. The first-order valence-electron chi connectivity index (χ1n) is 8.06. The van der Waals surface area contributed by atoms with Crippen molar-refractivity contribution in [2.45, 2.75) is 20.4 Å². The minimum absolute atomic E-state index is 0.0199. The molecule has 1 aromatic carbocycles. The van der Waals surface area contributed by atoms with Gasteiger partial charge in [-0.15, -0.1) is 11.3 Å². The van der Waals surface area contributed by atoms with Crippen LogP contribution in [0, 0.1) is 5.92 Å². The van der Waals surface area contributed by atoms with E-state index in [4.69, 9.17) is 4.42 Å². The van der Waals surface area contributed by atoms with E-state index in [0.29, 0.717) is 19.6 Å². The number of nitrogens with one attached hydrogen (secondary N) is 2. The molecule has 0 fully saturated rings. The van der Waals surface area contributed by atoms with Gasteiger partial charge in [0.2, 0.25) is 5.91 Å². The molecular formula is C18H21N3O2S. The quantitative estimate of drug-likeness (QED) is 0.645. The Morgan fingerprint density at radius 3 is 2.83 bits per heavy atom. The van der Waals surface area contributed by atoms with E-state index < -0.39 is 0 Å². The van der Waals surface area contributed by atoms with Gasteiger partial charge in [-0.25, -0.2) is 4.98 Å². The summed E-state index contributed by atoms with van der Waals surface area (Å²) in [5.74, 6) is 1.75. The Balaban J connectivity index is 1.51. The number of aromatic nitrogens is 1. The van der Waals surface area contributed by atoms with Crippen LogP contribution in [-0.2, 0) is 11.3 Å². The van der Waals surface area contributed by atoms with Crippen LogP contribution in [0.15, 0.2) is 40.8 Å². The molecule has 126 valence electrons. The van der Waals surface area contributed by atoms with Crippen molar-refractivity contribution in [3.8, 4) is 10.8 Å². The van der Waals surface area contributed by atoms with Crippen molar-refractivity contribution in [3.63, 3.8) is 0 Å². The van der Waals surface area contributed by atoms with Crippen LogP contribution in [0.2, 0.25) is 0 Å². The van der Waals surface area contributed by atoms with Crippen molar-refractivity contribution in [2.75, 3.05) is 13.1 Å². The fourth-order valence-electron chi connectivity index (χ4n) is 2.26. The second kappa shape index (κ2) is 7.59. The second-order valence-corrected chi connectivity index (χ2v) is 6.91. The lowest BCUT2D eigenvalue weighted by molar-refractivity contribution is -0.123. The molecule has 2 N–H and O–H groups in total. The summed E-state index contributed by atoms with van der Waals surface area (Å²) in [6.07, 6.45) is 0. The number of nitrogens with zero attached hydrogens (tertiary/aromatic N) is 1. The van der Waals surface area contributed by atoms with Gasteiger partial charge in [0.25, 0.3) is 0 Å². The van der Waals surface area contributed by atoms with Crippen LogP contribution < -0.4 is 10.6 Å². The normalized spacial score (nSPS) is 11.3. The van der Waals surface area contributed by atoms with Gasteiger partial charge in [0.1, 0.15) is 5.76 Å². The van der Waals surface area contributed by atoms with E-state index in [1.54, 1.807) is 11.3 Å². The molecule has 0 saturated carbocycles. The Kier molecular flexibility index (Phi) is 5.27. The van der Waals surface area contributed by atoms with Crippen molar-refractivity contribution < 1.29 is 9.21 Å². The standard InChI is InChI=1S/C18H21N3O2S/c1-12(2)17(22)20-10-9-19-11-13-7-8-15(23-13)18-21-14-5-3-4-6-16(14)24-18/h3-8,12,19H,9-11H2,1-2H3,(H,20,22). The van der Waals surface area contributed by atoms with Crippen LogP contribution in [0.25, 0.3) is 21.0 Å². The number of hydrogen-bond donors (Lipinski definition) is 2. The first-order valence-corrected chi connectivity index (χ1v) is 8.88. The molecule has 24 heavy (non-hydrogen) atoms. The predicted octanol–water partition coefficient (Wildman–Crippen LogP) is 3.42. The Hall–Kier alpha value is -2.18. The van der Waals surface area contributed by atoms with Gasteiger partial charge in [0.15, 0.2) is 10.8 Å². The fourth-order valence-corrected chi connectivity index (χ4v) is 3.18. The monoisotopic (exact) mass is 343 g/mol. The third-order valence-electron chi connectivity index (χ3n) is 3.59. The Bertz CT molecular complexity index is 789. The Labute approximate surface area is 145 Å². The molecule has 0 aliphatic heterocycles. The van der Waals surface area contributed by atoms with Gasteiger partial charge < -0.3 is 15.1 Å². The molecule has 2 heterocycles. The maximum absolute atomic E-state index is 11.4. The van der Waals surface area contributed by atoms with Gasteiger partial charge in [-0.2, -0.15) is 0 Å². The van der Waals surface area contributed by atoms with Crippen LogP contribution in [0.3, 0.4) is 0 Å². The van der Waals surface area contributed by atoms with Gasteiger partial charge >= 0.3 is 0 Å². The van der Waals surface area contributed by atoms with Gasteiger partial charge in [-0.3, -0.25) is 4.79 Å². The summed E-state index contributed by atoms with van der Waals surface area (Å²) >= 11 is 1.63. The summed E-state index contributed by atoms with van der Waals surface area (Å²) in [4.78, 5) is 16.0. The molecule has 5 nitrogen and oxygen atoms in total. The van der Waals surface area contributed by atoms with Crippen molar-refractivity contribution in [2.24, 2.45) is 5.92 Å². The molecule has 0 saturated heterocycles. The number of hydrogen-bond acceptors (Lipinski definition) is 5. The number of furan rings is 1. The minimum atomic E-state index is 0.0199. The van der Waals surface area contributed by atoms with E-state index in [-0.39, 0.29) is 11.8 Å². The van der Waals surface area contributed by atoms with Crippen molar-refractivity contribution in [1.29, 1.82) is 0 Å². The highest BCUT2D eigenvalue weighted by Gasteiger charge is 2.10. The number of amides is 1. The average Bonchev–Trinajstić information content (AvgIpc) is 3.20. The number of benzene rings is 1. The molecule has 1 amide bonds. The van der Waals surface area contributed by atoms with Gasteiger partial charge in [-0.1, -0.05) is 26.0 Å². The molecule has 0 aliphatic carbocycles. The van der Waals surface area contributed by atoms with Crippen molar-refractivity contribution in [3.05, 3.63) is 42.2 Å². The van der Waals surface area contributed by atoms with E-state index in [2.05, 4.69) is 21.7 Å². The van der Waals surface area contributed by atoms with E-state index in [1.165, 1.54) is 0 Å². The van der Waals surface area contributed by atoms with Crippen molar-refractivity contribution >= 4 is 27.5 Å². The molecule has 3 rings (SSSR count).